The van der Waals surface area contributed by atoms with Crippen molar-refractivity contribution in [3.05, 3.63) is 60.0 Å². The van der Waals surface area contributed by atoms with Crippen molar-refractivity contribution in [2.24, 2.45) is 5.92 Å². The number of hydrogen-bond acceptors (Lipinski definition) is 6. The first kappa shape index (κ1) is 17.5. The van der Waals surface area contributed by atoms with Crippen LogP contribution in [0.4, 0.5) is 11.9 Å². The van der Waals surface area contributed by atoms with E-state index in [0.717, 1.165) is 25.2 Å². The lowest BCUT2D eigenvalue weighted by atomic mass is 9.88. The lowest BCUT2D eigenvalue weighted by molar-refractivity contribution is 0.240. The highest BCUT2D eigenvalue weighted by atomic mass is 15.4. The number of pyridine rings is 1. The Morgan fingerprint density at radius 2 is 2.07 bits per heavy atom. The number of allylic oxidation sites excluding steroid dienone is 5. The van der Waals surface area contributed by atoms with Crippen LogP contribution >= 0.6 is 0 Å². The molecule has 0 atom stereocenters. The highest BCUT2D eigenvalue weighted by Gasteiger charge is 2.20. The van der Waals surface area contributed by atoms with Gasteiger partial charge in [-0.2, -0.15) is 9.67 Å². The lowest BCUT2D eigenvalue weighted by Crippen LogP contribution is -2.30. The Hall–Kier alpha value is -2.93. The number of likely N-dealkylation sites (tertiary alicyclic amines) is 1. The SMILES string of the molecule is CN1CCC(C2=CC=CCC(Nc3nc(N)n(-c4ccccn4)n3)=C2)CC1. The summed E-state index contributed by atoms with van der Waals surface area (Å²) in [6.45, 7) is 2.30. The summed E-state index contributed by atoms with van der Waals surface area (Å²) in [6, 6.07) is 5.60. The van der Waals surface area contributed by atoms with Gasteiger partial charge in [-0.05, 0) is 62.7 Å². The topological polar surface area (TPSA) is 84.9 Å². The molecule has 0 radical (unpaired) electrons. The third-order valence-electron chi connectivity index (χ3n) is 5.06. The Kier molecular flexibility index (Phi) is 5.02. The number of anilines is 2. The lowest BCUT2D eigenvalue weighted by Gasteiger charge is -2.29. The quantitative estimate of drug-likeness (QED) is 0.869. The molecular formula is C20H25N7. The van der Waals surface area contributed by atoms with Crippen LogP contribution in [0.3, 0.4) is 0 Å². The standard InChI is InChI=1S/C20H25N7/c1-26-12-9-15(10-13-26)16-6-2-3-7-17(14-16)23-20-24-19(21)27(25-20)18-8-4-5-11-22-18/h2-6,8,11,14-15H,7,9-10,12-13H2,1H3,(H3,21,23,24,25). The second-order valence-corrected chi connectivity index (χ2v) is 7.06. The summed E-state index contributed by atoms with van der Waals surface area (Å²) in [4.78, 5) is 11.0. The second-order valence-electron chi connectivity index (χ2n) is 7.06. The van der Waals surface area contributed by atoms with Gasteiger partial charge in [0.05, 0.1) is 0 Å². The number of hydrogen-bond donors (Lipinski definition) is 2. The van der Waals surface area contributed by atoms with Crippen LogP contribution in [0.2, 0.25) is 0 Å². The van der Waals surface area contributed by atoms with E-state index < -0.39 is 0 Å². The minimum Gasteiger partial charge on any atom is -0.368 e. The maximum Gasteiger partial charge on any atom is 0.248 e. The number of nitrogens with zero attached hydrogens (tertiary/aromatic N) is 5. The molecule has 2 aromatic rings. The van der Waals surface area contributed by atoms with Gasteiger partial charge in [0.2, 0.25) is 11.9 Å². The van der Waals surface area contributed by atoms with E-state index in [2.05, 4.69) is 56.6 Å². The zero-order valence-electron chi connectivity index (χ0n) is 15.5. The minimum absolute atomic E-state index is 0.312. The van der Waals surface area contributed by atoms with Gasteiger partial charge >= 0.3 is 0 Å². The van der Waals surface area contributed by atoms with Crippen LogP contribution in [0.5, 0.6) is 0 Å². The Morgan fingerprint density at radius 1 is 1.22 bits per heavy atom. The molecule has 1 aliphatic heterocycles. The molecule has 0 bridgehead atoms. The van der Waals surface area contributed by atoms with Crippen molar-refractivity contribution >= 4 is 11.9 Å². The Labute approximate surface area is 159 Å². The molecule has 2 aromatic heterocycles. The van der Waals surface area contributed by atoms with Crippen molar-refractivity contribution in [2.45, 2.75) is 19.3 Å². The summed E-state index contributed by atoms with van der Waals surface area (Å²) < 4.78 is 1.54. The van der Waals surface area contributed by atoms with Gasteiger partial charge in [-0.1, -0.05) is 24.3 Å². The third kappa shape index (κ3) is 4.09. The van der Waals surface area contributed by atoms with Crippen molar-refractivity contribution in [2.75, 3.05) is 31.2 Å². The van der Waals surface area contributed by atoms with Crippen LogP contribution in [-0.2, 0) is 0 Å². The van der Waals surface area contributed by atoms with Gasteiger partial charge in [-0.3, -0.25) is 0 Å². The molecule has 1 saturated heterocycles. The van der Waals surface area contributed by atoms with Crippen molar-refractivity contribution in [3.63, 3.8) is 0 Å². The summed E-state index contributed by atoms with van der Waals surface area (Å²) in [5.74, 6) is 2.05. The molecule has 1 aliphatic carbocycles. The van der Waals surface area contributed by atoms with Gasteiger partial charge in [0.15, 0.2) is 5.82 Å². The van der Waals surface area contributed by atoms with E-state index in [1.54, 1.807) is 10.9 Å². The van der Waals surface area contributed by atoms with Gasteiger partial charge < -0.3 is 16.0 Å². The van der Waals surface area contributed by atoms with E-state index in [0.29, 0.717) is 23.6 Å². The minimum atomic E-state index is 0.312. The van der Waals surface area contributed by atoms with Gasteiger partial charge in [0.1, 0.15) is 0 Å². The normalized spacial score (nSPS) is 18.7. The zero-order valence-corrected chi connectivity index (χ0v) is 15.5. The molecule has 0 saturated carbocycles. The summed E-state index contributed by atoms with van der Waals surface area (Å²) in [5.41, 5.74) is 8.47. The van der Waals surface area contributed by atoms with Crippen molar-refractivity contribution in [1.29, 1.82) is 0 Å². The average Bonchev–Trinajstić information content (AvgIpc) is 2.89. The van der Waals surface area contributed by atoms with E-state index in [9.17, 15) is 0 Å². The Bertz CT molecular complexity index is 871. The van der Waals surface area contributed by atoms with E-state index in [1.165, 1.54) is 18.4 Å². The van der Waals surface area contributed by atoms with Crippen LogP contribution in [0.1, 0.15) is 19.3 Å². The molecule has 27 heavy (non-hydrogen) atoms. The first-order chi connectivity index (χ1) is 13.2. The molecule has 140 valence electrons. The highest BCUT2D eigenvalue weighted by molar-refractivity contribution is 5.45. The summed E-state index contributed by atoms with van der Waals surface area (Å²) in [6.07, 6.45) is 13.7. The number of nitrogens with one attached hydrogen (secondary N) is 1. The third-order valence-corrected chi connectivity index (χ3v) is 5.06. The first-order valence-electron chi connectivity index (χ1n) is 9.36. The molecule has 4 rings (SSSR count). The smallest absolute Gasteiger partial charge is 0.248 e. The maximum atomic E-state index is 6.03. The monoisotopic (exact) mass is 363 g/mol. The fraction of sp³-hybridized carbons (Fsp3) is 0.350. The highest BCUT2D eigenvalue weighted by Crippen LogP contribution is 2.28. The van der Waals surface area contributed by atoms with Gasteiger partial charge in [-0.15, -0.1) is 5.10 Å². The van der Waals surface area contributed by atoms with Crippen molar-refractivity contribution in [3.8, 4) is 5.82 Å². The van der Waals surface area contributed by atoms with E-state index in [4.69, 9.17) is 5.73 Å². The number of rotatable bonds is 4. The van der Waals surface area contributed by atoms with E-state index in [-0.39, 0.29) is 0 Å². The van der Waals surface area contributed by atoms with Crippen LogP contribution in [0, 0.1) is 5.92 Å². The average molecular weight is 363 g/mol. The predicted molar refractivity (Wildman–Crippen MR) is 107 cm³/mol. The molecule has 0 spiro atoms. The largest absolute Gasteiger partial charge is 0.368 e. The Morgan fingerprint density at radius 3 is 2.85 bits per heavy atom. The van der Waals surface area contributed by atoms with Crippen LogP contribution in [0.25, 0.3) is 5.82 Å². The van der Waals surface area contributed by atoms with Gasteiger partial charge in [0.25, 0.3) is 0 Å². The van der Waals surface area contributed by atoms with Crippen LogP contribution in [-0.4, -0.2) is 44.8 Å². The van der Waals surface area contributed by atoms with Crippen LogP contribution in [0.15, 0.2) is 60.0 Å². The van der Waals surface area contributed by atoms with E-state index >= 15 is 0 Å². The number of nitrogens with two attached hydrogens (primary N) is 1. The number of piperidine rings is 1. The summed E-state index contributed by atoms with van der Waals surface area (Å²) >= 11 is 0. The van der Waals surface area contributed by atoms with Crippen LogP contribution < -0.4 is 11.1 Å². The summed E-state index contributed by atoms with van der Waals surface area (Å²) in [7, 11) is 2.19. The molecule has 0 aromatic carbocycles. The molecule has 0 amide bonds. The second kappa shape index (κ2) is 7.75. The molecular weight excluding hydrogens is 338 g/mol. The fourth-order valence-electron chi connectivity index (χ4n) is 3.53. The molecule has 3 N–H and O–H groups in total. The molecule has 1 fully saturated rings. The fourth-order valence-corrected chi connectivity index (χ4v) is 3.53. The molecule has 7 heteroatoms. The molecule has 2 aliphatic rings. The maximum absolute atomic E-state index is 6.03. The predicted octanol–water partition coefficient (Wildman–Crippen LogP) is 2.77. The van der Waals surface area contributed by atoms with E-state index in [1.807, 2.05) is 18.2 Å². The molecule has 3 heterocycles. The molecule has 0 unspecified atom stereocenters. The zero-order chi connectivity index (χ0) is 18.6. The summed E-state index contributed by atoms with van der Waals surface area (Å²) in [5, 5.41) is 7.81. The van der Waals surface area contributed by atoms with Crippen molar-refractivity contribution < 1.29 is 0 Å². The van der Waals surface area contributed by atoms with Gasteiger partial charge in [0, 0.05) is 18.3 Å². The van der Waals surface area contributed by atoms with Crippen molar-refractivity contribution in [1.82, 2.24) is 24.6 Å². The first-order valence-corrected chi connectivity index (χ1v) is 9.36. The van der Waals surface area contributed by atoms with Gasteiger partial charge in [-0.25, -0.2) is 4.98 Å². The number of nitrogen functional groups attached to an aromatic ring is 1. The molecule has 7 nitrogen and oxygen atoms in total. The number of aromatic nitrogens is 4. The Balaban J connectivity index is 1.52.